The van der Waals surface area contributed by atoms with Gasteiger partial charge in [0.05, 0.1) is 28.4 Å². The molecule has 0 heterocycles. The summed E-state index contributed by atoms with van der Waals surface area (Å²) in [5.41, 5.74) is 12.4. The van der Waals surface area contributed by atoms with Crippen LogP contribution in [0.5, 0.6) is 11.5 Å². The topological polar surface area (TPSA) is 465 Å². The SMILES string of the molecule is Nc1cc(NCC(=O)O)ccc1N=Nc1ccc2cc(S(=O)(=O)O)c(N=Nc3ccc(Nc4ccc(N=Nc5c(S(=O)(=O)O)cc6ccc(N=Nc7ccc(NCC(=O)O)cc7N)cc6c5O)c(S(=O)(=O)O)c4)cc3)c(O)c2c1.[Na].[Na].[Na]. The third-order valence-corrected chi connectivity index (χ3v) is 13.7. The first-order valence-corrected chi connectivity index (χ1v) is 26.5. The second-order valence-corrected chi connectivity index (χ2v) is 20.7. The van der Waals surface area contributed by atoms with Gasteiger partial charge < -0.3 is 47.8 Å². The number of azo groups is 4. The van der Waals surface area contributed by atoms with Crippen molar-refractivity contribution in [1.82, 2.24) is 0 Å². The molecule has 34 heteroatoms. The van der Waals surface area contributed by atoms with Crippen LogP contribution in [-0.2, 0) is 39.9 Å². The Bertz CT molecular complexity index is 4300. The molecular formula is C48H39N13Na3O15S3. The van der Waals surface area contributed by atoms with E-state index in [0.29, 0.717) is 17.1 Å². The molecule has 3 radical (unpaired) electrons. The predicted octanol–water partition coefficient (Wildman–Crippen LogP) is 9.56. The quantitative estimate of drug-likeness (QED) is 0.0155. The van der Waals surface area contributed by atoms with Crippen LogP contribution in [0.2, 0.25) is 0 Å². The third-order valence-electron chi connectivity index (χ3n) is 11.0. The molecule has 0 aromatic heterocycles. The van der Waals surface area contributed by atoms with Crippen LogP contribution in [0.3, 0.4) is 0 Å². The minimum Gasteiger partial charge on any atom is -0.505 e. The second-order valence-electron chi connectivity index (χ2n) is 16.6. The van der Waals surface area contributed by atoms with E-state index >= 15 is 0 Å². The number of rotatable bonds is 19. The minimum atomic E-state index is -5.12. The Morgan fingerprint density at radius 2 is 0.780 bits per heavy atom. The van der Waals surface area contributed by atoms with Gasteiger partial charge in [-0.1, -0.05) is 12.1 Å². The summed E-state index contributed by atoms with van der Waals surface area (Å²) in [6.45, 7) is -0.703. The van der Waals surface area contributed by atoms with Crippen molar-refractivity contribution in [2.45, 2.75) is 14.7 Å². The summed E-state index contributed by atoms with van der Waals surface area (Å²) < 4.78 is 106. The number of nitrogens with two attached hydrogens (primary N) is 2. The minimum absolute atomic E-state index is 0. The van der Waals surface area contributed by atoms with Crippen molar-refractivity contribution in [3.63, 3.8) is 0 Å². The molecule has 0 aliphatic carbocycles. The molecular weight excluding hydrogens is 1160 g/mol. The third kappa shape index (κ3) is 16.4. The number of fused-ring (bicyclic) bond motifs is 2. The standard InChI is InChI=1S/C48H39N13O15S3.3Na/c49-35-19-28(51-22-43(62)63)9-12-37(35)57-55-31-3-1-24-15-41(78(71,72)73)45(47(66)33(24)17-31)60-54-27-7-5-26(6-8-27)53-30-11-14-39(40(21-30)77(68,69)70)59-61-46-42(79(74,75)76)16-25-2-4-32(18-34(25)48(46)67)56-58-38-13-10-29(20-36(38)50)52-23-44(64)65;;;/h1-21,51-53,66-67H,22-23,49-50H2,(H,62,63)(H,64,65)(H,68,69,70)(H,71,72,73)(H,74,75,76);;;. The zero-order valence-corrected chi connectivity index (χ0v) is 51.3. The molecule has 28 nitrogen and oxygen atoms in total. The first-order valence-electron chi connectivity index (χ1n) is 22.2. The van der Waals surface area contributed by atoms with Gasteiger partial charge in [-0.15, -0.1) is 25.6 Å². The Morgan fingerprint density at radius 3 is 1.20 bits per heavy atom. The predicted molar refractivity (Wildman–Crippen MR) is 305 cm³/mol. The van der Waals surface area contributed by atoms with Crippen LogP contribution in [-0.4, -0.2) is 173 Å². The monoisotopic (exact) mass is 1200 g/mol. The molecule has 0 aliphatic rings. The van der Waals surface area contributed by atoms with Crippen LogP contribution < -0.4 is 27.4 Å². The van der Waals surface area contributed by atoms with Gasteiger partial charge in [-0.25, -0.2) is 0 Å². The molecule has 0 unspecified atom stereocenters. The number of carboxylic acids is 2. The first-order chi connectivity index (χ1) is 37.3. The van der Waals surface area contributed by atoms with E-state index in [4.69, 9.17) is 21.7 Å². The van der Waals surface area contributed by atoms with Crippen molar-refractivity contribution >= 4 is 232 Å². The molecule has 14 N–H and O–H groups in total. The summed E-state index contributed by atoms with van der Waals surface area (Å²) in [5, 5.41) is 80.9. The summed E-state index contributed by atoms with van der Waals surface area (Å²) in [6, 6.07) is 28.2. The van der Waals surface area contributed by atoms with Crippen LogP contribution in [0.4, 0.5) is 79.6 Å². The summed E-state index contributed by atoms with van der Waals surface area (Å²) in [5.74, 6) is -3.70. The summed E-state index contributed by atoms with van der Waals surface area (Å²) >= 11 is 0. The van der Waals surface area contributed by atoms with Crippen molar-refractivity contribution in [3.8, 4) is 11.5 Å². The van der Waals surface area contributed by atoms with Crippen LogP contribution in [0.15, 0.2) is 183 Å². The van der Waals surface area contributed by atoms with Gasteiger partial charge >= 0.3 is 11.9 Å². The van der Waals surface area contributed by atoms with E-state index in [2.05, 4.69) is 56.9 Å². The van der Waals surface area contributed by atoms with Crippen molar-refractivity contribution < 1.29 is 68.9 Å². The van der Waals surface area contributed by atoms with E-state index in [1.54, 1.807) is 6.07 Å². The number of nitrogens with one attached hydrogen (secondary N) is 3. The number of hydrogen-bond donors (Lipinski definition) is 12. The number of nitrogens with zero attached hydrogens (tertiary/aromatic N) is 8. The number of anilines is 6. The van der Waals surface area contributed by atoms with E-state index < -0.39 is 85.5 Å². The van der Waals surface area contributed by atoms with Crippen molar-refractivity contribution in [1.29, 1.82) is 0 Å². The van der Waals surface area contributed by atoms with Gasteiger partial charge in [0.25, 0.3) is 30.4 Å². The Balaban J connectivity index is 0.00000411. The van der Waals surface area contributed by atoms with Crippen LogP contribution in [0.1, 0.15) is 0 Å². The van der Waals surface area contributed by atoms with Crippen molar-refractivity contribution in [3.05, 3.63) is 127 Å². The van der Waals surface area contributed by atoms with E-state index in [-0.39, 0.29) is 169 Å². The molecule has 82 heavy (non-hydrogen) atoms. The number of aromatic hydroxyl groups is 2. The molecule has 0 aliphatic heterocycles. The summed E-state index contributed by atoms with van der Waals surface area (Å²) in [4.78, 5) is 19.2. The zero-order chi connectivity index (χ0) is 57.0. The Hall–Kier alpha value is -7.05. The summed E-state index contributed by atoms with van der Waals surface area (Å²) in [7, 11) is -15.2. The molecule has 8 rings (SSSR count). The second kappa shape index (κ2) is 27.4. The average molecular weight is 1200 g/mol. The van der Waals surface area contributed by atoms with Crippen LogP contribution in [0.25, 0.3) is 21.5 Å². The average Bonchev–Trinajstić information content (AvgIpc) is 3.59. The van der Waals surface area contributed by atoms with Gasteiger partial charge in [0, 0.05) is 122 Å². The molecule has 0 atom stereocenters. The van der Waals surface area contributed by atoms with E-state index in [9.17, 15) is 58.7 Å². The normalized spacial score (nSPS) is 11.9. The maximum atomic E-state index is 12.7. The number of nitrogen functional groups attached to an aromatic ring is 2. The molecule has 0 spiro atoms. The van der Waals surface area contributed by atoms with Gasteiger partial charge in [0.2, 0.25) is 0 Å². The molecule has 0 amide bonds. The van der Waals surface area contributed by atoms with E-state index in [0.717, 1.165) is 24.3 Å². The smallest absolute Gasteiger partial charge is 0.322 e. The maximum Gasteiger partial charge on any atom is 0.322 e. The number of phenols is 2. The fourth-order valence-corrected chi connectivity index (χ4v) is 9.29. The molecule has 0 fully saturated rings. The van der Waals surface area contributed by atoms with E-state index in [1.165, 1.54) is 97.1 Å². The van der Waals surface area contributed by atoms with Crippen molar-refractivity contribution in [2.75, 3.05) is 40.5 Å². The van der Waals surface area contributed by atoms with Gasteiger partial charge in [0.15, 0.2) is 11.5 Å². The number of hydrogen-bond acceptors (Lipinski definition) is 23. The fourth-order valence-electron chi connectivity index (χ4n) is 7.33. The van der Waals surface area contributed by atoms with Crippen molar-refractivity contribution in [2.24, 2.45) is 40.9 Å². The molecule has 8 aromatic rings. The van der Waals surface area contributed by atoms with Crippen LogP contribution >= 0.6 is 0 Å². The largest absolute Gasteiger partial charge is 0.505 e. The number of carbonyl (C=O) groups is 2. The molecule has 0 bridgehead atoms. The Morgan fingerprint density at radius 1 is 0.415 bits per heavy atom. The van der Waals surface area contributed by atoms with Gasteiger partial charge in [-0.3, -0.25) is 23.2 Å². The molecule has 0 saturated heterocycles. The fraction of sp³-hybridized carbons (Fsp3) is 0.0417. The molecule has 0 saturated carbocycles. The van der Waals surface area contributed by atoms with Crippen LogP contribution in [0, 0.1) is 0 Å². The number of aliphatic carboxylic acids is 2. The zero-order valence-electron chi connectivity index (χ0n) is 42.9. The number of carboxylic acid groups (broad SMARTS) is 2. The van der Waals surface area contributed by atoms with E-state index in [1.807, 2.05) is 0 Å². The summed E-state index contributed by atoms with van der Waals surface area (Å²) in [6.07, 6.45) is 0. The maximum absolute atomic E-state index is 12.7. The molecule has 407 valence electrons. The van der Waals surface area contributed by atoms with Gasteiger partial charge in [-0.05, 0) is 126 Å². The Kier molecular flexibility index (Phi) is 21.9. The molecule has 8 aromatic carbocycles. The number of benzene rings is 8. The Labute approximate surface area is 530 Å². The number of phenolic OH excluding ortho intramolecular Hbond substituents is 2. The first kappa shape index (κ1) is 65.8. The van der Waals surface area contributed by atoms with Gasteiger partial charge in [-0.2, -0.15) is 40.6 Å². The van der Waals surface area contributed by atoms with Gasteiger partial charge in [0.1, 0.15) is 56.2 Å².